The molecule has 6 nitrogen and oxygen atoms in total. The van der Waals surface area contributed by atoms with Crippen molar-refractivity contribution in [3.8, 4) is 0 Å². The lowest BCUT2D eigenvalue weighted by Gasteiger charge is -2.11. The van der Waals surface area contributed by atoms with E-state index in [1.54, 1.807) is 19.1 Å². The molecule has 8 heteroatoms. The number of hydrogen-bond acceptors (Lipinski definition) is 4. The van der Waals surface area contributed by atoms with E-state index in [2.05, 4.69) is 20.3 Å². The van der Waals surface area contributed by atoms with E-state index < -0.39 is 11.5 Å². The van der Waals surface area contributed by atoms with Gasteiger partial charge in [-0.25, -0.2) is 4.98 Å². The number of rotatable bonds is 6. The number of aliphatic imine (C=N–C) groups is 1. The summed E-state index contributed by atoms with van der Waals surface area (Å²) in [5, 5.41) is 3.66. The maximum absolute atomic E-state index is 12.2. The number of carbonyl (C=O) groups excluding carboxylic acids is 1. The molecular weight excluding hydrogens is 375 g/mol. The highest BCUT2D eigenvalue weighted by Crippen LogP contribution is 2.13. The van der Waals surface area contributed by atoms with Crippen LogP contribution in [0.1, 0.15) is 42.9 Å². The number of dihydropyridines is 1. The summed E-state index contributed by atoms with van der Waals surface area (Å²) in [6, 6.07) is 0.136. The maximum Gasteiger partial charge on any atom is 0.264 e. The minimum atomic E-state index is -0.513. The summed E-state index contributed by atoms with van der Waals surface area (Å²) in [6.45, 7) is 4.05. The molecule has 1 aromatic rings. The molecule has 138 valence electrons. The van der Waals surface area contributed by atoms with E-state index in [1.165, 1.54) is 6.20 Å². The van der Waals surface area contributed by atoms with E-state index in [9.17, 15) is 9.59 Å². The van der Waals surface area contributed by atoms with Gasteiger partial charge in [0.15, 0.2) is 5.82 Å². The molecule has 0 saturated carbocycles. The lowest BCUT2D eigenvalue weighted by molar-refractivity contribution is 0.0952. The van der Waals surface area contributed by atoms with Crippen molar-refractivity contribution in [2.45, 2.75) is 32.7 Å². The SMILES string of the molecule is C/C=C(Cl)\C=C(\Cl)CCNC(=O)c1cnc(C2=NC(C)CC=C2)[nH]c1=O. The van der Waals surface area contributed by atoms with Gasteiger partial charge >= 0.3 is 0 Å². The van der Waals surface area contributed by atoms with Crippen LogP contribution in [0.5, 0.6) is 0 Å². The Balaban J connectivity index is 2.01. The van der Waals surface area contributed by atoms with Gasteiger partial charge in [0.2, 0.25) is 0 Å². The van der Waals surface area contributed by atoms with Gasteiger partial charge in [-0.2, -0.15) is 0 Å². The fourth-order valence-corrected chi connectivity index (χ4v) is 2.63. The number of allylic oxidation sites excluding steroid dienone is 4. The summed E-state index contributed by atoms with van der Waals surface area (Å²) in [7, 11) is 0. The molecule has 2 N–H and O–H groups in total. The van der Waals surface area contributed by atoms with E-state index in [-0.39, 0.29) is 18.2 Å². The molecule has 0 fully saturated rings. The Morgan fingerprint density at radius 2 is 2.23 bits per heavy atom. The third-order valence-corrected chi connectivity index (χ3v) is 4.24. The van der Waals surface area contributed by atoms with Gasteiger partial charge in [0, 0.05) is 29.2 Å². The molecule has 2 rings (SSSR count). The highest BCUT2D eigenvalue weighted by molar-refractivity contribution is 6.34. The zero-order valence-corrected chi connectivity index (χ0v) is 16.1. The summed E-state index contributed by atoms with van der Waals surface area (Å²) in [4.78, 5) is 35.5. The minimum Gasteiger partial charge on any atom is -0.351 e. The number of nitrogens with one attached hydrogen (secondary N) is 2. The number of aromatic amines is 1. The Morgan fingerprint density at radius 1 is 1.46 bits per heavy atom. The predicted molar refractivity (Wildman–Crippen MR) is 105 cm³/mol. The van der Waals surface area contributed by atoms with Gasteiger partial charge in [-0.3, -0.25) is 14.6 Å². The van der Waals surface area contributed by atoms with Gasteiger partial charge in [0.25, 0.3) is 11.5 Å². The van der Waals surface area contributed by atoms with E-state index >= 15 is 0 Å². The number of hydrogen-bond donors (Lipinski definition) is 2. The second kappa shape index (κ2) is 9.50. The van der Waals surface area contributed by atoms with Crippen molar-refractivity contribution in [3.63, 3.8) is 0 Å². The number of halogens is 2. The van der Waals surface area contributed by atoms with Crippen LogP contribution in [-0.2, 0) is 0 Å². The van der Waals surface area contributed by atoms with Crippen LogP contribution in [0.3, 0.4) is 0 Å². The number of aromatic nitrogens is 2. The average Bonchev–Trinajstić information content (AvgIpc) is 2.61. The lowest BCUT2D eigenvalue weighted by atomic mass is 10.1. The van der Waals surface area contributed by atoms with Crippen LogP contribution < -0.4 is 10.9 Å². The summed E-state index contributed by atoms with van der Waals surface area (Å²) in [5.41, 5.74) is 0.0276. The second-order valence-corrected chi connectivity index (χ2v) is 6.67. The molecule has 0 aromatic carbocycles. The van der Waals surface area contributed by atoms with Crippen molar-refractivity contribution >= 4 is 34.8 Å². The van der Waals surface area contributed by atoms with Crippen LogP contribution in [0.4, 0.5) is 0 Å². The molecule has 0 radical (unpaired) electrons. The van der Waals surface area contributed by atoms with Crippen molar-refractivity contribution < 1.29 is 4.79 Å². The van der Waals surface area contributed by atoms with Gasteiger partial charge in [0.05, 0.1) is 6.04 Å². The molecule has 0 aliphatic carbocycles. The molecule has 0 saturated heterocycles. The summed E-state index contributed by atoms with van der Waals surface area (Å²) in [5.74, 6) is -0.164. The molecule has 1 aliphatic rings. The summed E-state index contributed by atoms with van der Waals surface area (Å²) >= 11 is 11.9. The van der Waals surface area contributed by atoms with Crippen molar-refractivity contribution in [1.82, 2.24) is 15.3 Å². The molecule has 0 bridgehead atoms. The fraction of sp³-hybridized carbons (Fsp3) is 0.333. The second-order valence-electron chi connectivity index (χ2n) is 5.75. The van der Waals surface area contributed by atoms with Gasteiger partial charge < -0.3 is 10.3 Å². The molecule has 1 unspecified atom stereocenters. The Bertz CT molecular complexity index is 853. The van der Waals surface area contributed by atoms with Crippen LogP contribution >= 0.6 is 23.2 Å². The normalized spacial score (nSPS) is 17.8. The van der Waals surface area contributed by atoms with Crippen LogP contribution in [0, 0.1) is 0 Å². The van der Waals surface area contributed by atoms with E-state index in [0.717, 1.165) is 6.42 Å². The quantitative estimate of drug-likeness (QED) is 0.725. The molecular formula is C18H20Cl2N4O2. The molecule has 1 aliphatic heterocycles. The molecule has 1 aromatic heterocycles. The van der Waals surface area contributed by atoms with Crippen LogP contribution in [0.25, 0.3) is 0 Å². The van der Waals surface area contributed by atoms with Crippen molar-refractivity contribution in [3.05, 3.63) is 62.3 Å². The molecule has 26 heavy (non-hydrogen) atoms. The minimum absolute atomic E-state index is 0.0613. The topological polar surface area (TPSA) is 87.2 Å². The Hall–Kier alpha value is -2.18. The third-order valence-electron chi connectivity index (χ3n) is 3.62. The van der Waals surface area contributed by atoms with Crippen molar-refractivity contribution in [2.75, 3.05) is 6.54 Å². The zero-order chi connectivity index (χ0) is 19.1. The highest BCUT2D eigenvalue weighted by atomic mass is 35.5. The number of nitrogens with zero attached hydrogens (tertiary/aromatic N) is 2. The Morgan fingerprint density at radius 3 is 2.88 bits per heavy atom. The molecule has 0 spiro atoms. The standard InChI is InChI=1S/C18H20Cl2N4O2/c1-3-12(19)9-13(20)7-8-21-17(25)14-10-22-16(24-18(14)26)15-6-4-5-11(2)23-15/h3-4,6,9-11H,5,7-8H2,1-2H3,(H,21,25)(H,22,24,26)/b12-3+,13-9+. The summed E-state index contributed by atoms with van der Waals surface area (Å²) < 4.78 is 0. The van der Waals surface area contributed by atoms with Crippen LogP contribution in [-0.4, -0.2) is 34.2 Å². The Labute approximate surface area is 161 Å². The largest absolute Gasteiger partial charge is 0.351 e. The van der Waals surface area contributed by atoms with Crippen LogP contribution in [0.15, 0.2) is 50.4 Å². The van der Waals surface area contributed by atoms with Crippen molar-refractivity contribution in [1.29, 1.82) is 0 Å². The zero-order valence-electron chi connectivity index (χ0n) is 14.6. The van der Waals surface area contributed by atoms with Gasteiger partial charge in [-0.1, -0.05) is 35.4 Å². The monoisotopic (exact) mass is 394 g/mol. The maximum atomic E-state index is 12.2. The van der Waals surface area contributed by atoms with Gasteiger partial charge in [-0.15, -0.1) is 0 Å². The third kappa shape index (κ3) is 5.68. The number of H-pyrrole nitrogens is 1. The van der Waals surface area contributed by atoms with Gasteiger partial charge in [-0.05, 0) is 32.4 Å². The fourth-order valence-electron chi connectivity index (χ4n) is 2.23. The number of amides is 1. The number of carbonyl (C=O) groups is 1. The van der Waals surface area contributed by atoms with Crippen molar-refractivity contribution in [2.24, 2.45) is 4.99 Å². The molecule has 1 amide bonds. The first-order valence-electron chi connectivity index (χ1n) is 8.20. The van der Waals surface area contributed by atoms with E-state index in [1.807, 2.05) is 19.1 Å². The molecule has 2 heterocycles. The lowest BCUT2D eigenvalue weighted by Crippen LogP contribution is -2.31. The van der Waals surface area contributed by atoms with E-state index in [4.69, 9.17) is 23.2 Å². The first-order valence-corrected chi connectivity index (χ1v) is 8.96. The smallest absolute Gasteiger partial charge is 0.264 e. The van der Waals surface area contributed by atoms with Gasteiger partial charge in [0.1, 0.15) is 11.3 Å². The van der Waals surface area contributed by atoms with Crippen LogP contribution in [0.2, 0.25) is 0 Å². The predicted octanol–water partition coefficient (Wildman–Crippen LogP) is 3.29. The first kappa shape index (κ1) is 20.1. The summed E-state index contributed by atoms with van der Waals surface area (Å²) in [6.07, 6.45) is 9.62. The molecule has 1 atom stereocenters. The highest BCUT2D eigenvalue weighted by Gasteiger charge is 2.15. The van der Waals surface area contributed by atoms with E-state index in [0.29, 0.717) is 28.0 Å². The first-order chi connectivity index (χ1) is 12.4. The Kier molecular flexibility index (Phi) is 7.36. The average molecular weight is 395 g/mol.